The number of para-hydroxylation sites is 1. The Morgan fingerprint density at radius 2 is 2.16 bits per heavy atom. The van der Waals surface area contributed by atoms with Crippen LogP contribution >= 0.6 is 0 Å². The predicted molar refractivity (Wildman–Crippen MR) is 95.6 cm³/mol. The number of likely N-dealkylation sites (N-methyl/N-ethyl adjacent to an activating group) is 1. The molecule has 3 heterocycles. The van der Waals surface area contributed by atoms with Crippen LogP contribution in [0.5, 0.6) is 0 Å². The van der Waals surface area contributed by atoms with Gasteiger partial charge in [-0.05, 0) is 31.1 Å². The zero-order chi connectivity index (χ0) is 16.5. The molecule has 1 aromatic carbocycles. The lowest BCUT2D eigenvalue weighted by atomic mass is 9.61. The second-order valence-electron chi connectivity index (χ2n) is 7.92. The van der Waals surface area contributed by atoms with E-state index < -0.39 is 0 Å². The Morgan fingerprint density at radius 3 is 2.88 bits per heavy atom. The first-order valence-corrected chi connectivity index (χ1v) is 9.27. The summed E-state index contributed by atoms with van der Waals surface area (Å²) in [6, 6.07) is 9.33. The number of anilines is 1. The average Bonchev–Trinajstić information content (AvgIpc) is 3.15. The van der Waals surface area contributed by atoms with Crippen LogP contribution in [0.2, 0.25) is 0 Å². The van der Waals surface area contributed by atoms with Crippen molar-refractivity contribution in [2.45, 2.75) is 38.1 Å². The maximum Gasteiger partial charge on any atom is 0.148 e. The van der Waals surface area contributed by atoms with Gasteiger partial charge in [0.25, 0.3) is 0 Å². The fourth-order valence-corrected chi connectivity index (χ4v) is 6.37. The molecule has 0 radical (unpaired) electrons. The van der Waals surface area contributed by atoms with E-state index >= 15 is 0 Å². The number of nitrogens with zero attached hydrogens (tertiary/aromatic N) is 1. The molecule has 0 aromatic heterocycles. The lowest BCUT2D eigenvalue weighted by Crippen LogP contribution is -3.00. The number of rotatable bonds is 2. The highest BCUT2D eigenvalue weighted by atomic mass is 79.9. The fraction of sp³-hybridized carbons (Fsp3) is 0.476. The van der Waals surface area contributed by atoms with Crippen LogP contribution in [0.4, 0.5) is 5.69 Å². The highest BCUT2D eigenvalue weighted by Gasteiger charge is 2.67. The molecule has 4 heteroatoms. The smallest absolute Gasteiger partial charge is 0.148 e. The molecule has 25 heavy (non-hydrogen) atoms. The summed E-state index contributed by atoms with van der Waals surface area (Å²) in [5.74, 6) is 0.318. The van der Waals surface area contributed by atoms with E-state index in [0.717, 1.165) is 31.2 Å². The number of fused-ring (bicyclic) bond motifs is 2. The molecule has 1 N–H and O–H groups in total. The van der Waals surface area contributed by atoms with Crippen LogP contribution in [0, 0.1) is 5.92 Å². The number of halogens is 1. The van der Waals surface area contributed by atoms with Crippen molar-refractivity contribution in [2.24, 2.45) is 5.92 Å². The van der Waals surface area contributed by atoms with E-state index in [4.69, 9.17) is 0 Å². The van der Waals surface area contributed by atoms with Gasteiger partial charge in [-0.2, -0.15) is 0 Å². The molecule has 2 saturated heterocycles. The Kier molecular flexibility index (Phi) is 3.79. The molecule has 3 nitrogen and oxygen atoms in total. The second kappa shape index (κ2) is 5.55. The van der Waals surface area contributed by atoms with E-state index in [1.165, 1.54) is 40.1 Å². The van der Waals surface area contributed by atoms with Gasteiger partial charge in [0.2, 0.25) is 0 Å². The summed E-state index contributed by atoms with van der Waals surface area (Å²) in [5.41, 5.74) is 6.41. The van der Waals surface area contributed by atoms with Crippen LogP contribution < -0.4 is 22.3 Å². The molecule has 1 aliphatic carbocycles. The monoisotopic (exact) mass is 400 g/mol. The minimum absolute atomic E-state index is 0. The molecule has 1 spiro atoms. The summed E-state index contributed by atoms with van der Waals surface area (Å²) < 4.78 is 1.20. The van der Waals surface area contributed by atoms with Crippen molar-refractivity contribution in [2.75, 3.05) is 25.0 Å². The van der Waals surface area contributed by atoms with Gasteiger partial charge in [-0.15, -0.1) is 0 Å². The molecule has 0 saturated carbocycles. The molecule has 2 fully saturated rings. The van der Waals surface area contributed by atoms with E-state index in [1.807, 2.05) is 0 Å². The van der Waals surface area contributed by atoms with Gasteiger partial charge < -0.3 is 26.8 Å². The summed E-state index contributed by atoms with van der Waals surface area (Å²) >= 11 is 0. The van der Waals surface area contributed by atoms with Gasteiger partial charge in [-0.1, -0.05) is 24.3 Å². The predicted octanol–water partition coefficient (Wildman–Crippen LogP) is 0.396. The molecule has 1 unspecified atom stereocenters. The Bertz CT molecular complexity index is 814. The SMILES string of the molecule is CC=C1C[N+]2(CC)CC[C@]34C(=C(C=O)[C@H]1C[C@@H]32)Nc1ccccc14.[Br-]. The number of carbonyl (C=O) groups is 1. The van der Waals surface area contributed by atoms with Crippen molar-refractivity contribution in [1.29, 1.82) is 0 Å². The van der Waals surface area contributed by atoms with Gasteiger partial charge in [-0.25, -0.2) is 0 Å². The van der Waals surface area contributed by atoms with Crippen LogP contribution in [-0.4, -0.2) is 36.4 Å². The van der Waals surface area contributed by atoms with E-state index in [2.05, 4.69) is 49.5 Å². The third-order valence-electron chi connectivity index (χ3n) is 7.49. The minimum Gasteiger partial charge on any atom is -1.00 e. The van der Waals surface area contributed by atoms with Crippen molar-refractivity contribution in [3.8, 4) is 0 Å². The van der Waals surface area contributed by atoms with Crippen molar-refractivity contribution >= 4 is 12.0 Å². The van der Waals surface area contributed by atoms with Crippen LogP contribution in [-0.2, 0) is 10.2 Å². The normalized spacial score (nSPS) is 38.7. The summed E-state index contributed by atoms with van der Waals surface area (Å²) in [6.07, 6.45) is 5.70. The van der Waals surface area contributed by atoms with Crippen molar-refractivity contribution < 1.29 is 26.3 Å². The van der Waals surface area contributed by atoms with Crippen molar-refractivity contribution in [3.63, 3.8) is 0 Å². The van der Waals surface area contributed by atoms with E-state index in [-0.39, 0.29) is 22.4 Å². The molecule has 2 bridgehead atoms. The Morgan fingerprint density at radius 1 is 1.36 bits per heavy atom. The molecular weight excluding hydrogens is 376 g/mol. The van der Waals surface area contributed by atoms with Gasteiger partial charge in [0.1, 0.15) is 18.9 Å². The van der Waals surface area contributed by atoms with Crippen LogP contribution in [0.1, 0.15) is 32.3 Å². The molecular formula is C21H25BrN2O. The fourth-order valence-electron chi connectivity index (χ4n) is 6.37. The first kappa shape index (κ1) is 17.0. The number of nitrogens with one attached hydrogen (secondary N) is 1. The largest absolute Gasteiger partial charge is 1.00 e. The van der Waals surface area contributed by atoms with E-state index in [1.54, 1.807) is 0 Å². The summed E-state index contributed by atoms with van der Waals surface area (Å²) in [7, 11) is 0. The van der Waals surface area contributed by atoms with Crippen LogP contribution in [0.25, 0.3) is 0 Å². The molecule has 132 valence electrons. The lowest BCUT2D eigenvalue weighted by Gasteiger charge is -2.53. The zero-order valence-corrected chi connectivity index (χ0v) is 16.5. The lowest BCUT2D eigenvalue weighted by molar-refractivity contribution is -0.940. The molecule has 1 aromatic rings. The summed E-state index contributed by atoms with van der Waals surface area (Å²) in [5, 5.41) is 3.68. The molecule has 3 aliphatic heterocycles. The molecule has 0 amide bonds. The Balaban J connectivity index is 0.00000157. The number of quaternary nitrogens is 1. The zero-order valence-electron chi connectivity index (χ0n) is 14.9. The number of hydrogen-bond donors (Lipinski definition) is 1. The van der Waals surface area contributed by atoms with E-state index in [9.17, 15) is 4.79 Å². The standard InChI is InChI=1S/C21H24N2O.BrH/c1-3-14-12-23(4-2)10-9-21-17-7-5-6-8-18(17)22-20(21)16(13-24)15(14)11-19(21)23;/h3,5-8,13,15,19H,4,9-12H2,1-2H3;1H/t15-,19-,21+,23?;/m0./s1. The number of carbonyl (C=O) groups excluding carboxylic acids is 1. The molecule has 4 atom stereocenters. The number of allylic oxidation sites excluding steroid dienone is 2. The Hall–Kier alpha value is -1.39. The average molecular weight is 401 g/mol. The number of hydrogen-bond acceptors (Lipinski definition) is 2. The topological polar surface area (TPSA) is 29.1 Å². The van der Waals surface area contributed by atoms with Crippen molar-refractivity contribution in [3.05, 3.63) is 52.7 Å². The number of benzene rings is 1. The van der Waals surface area contributed by atoms with Crippen LogP contribution in [0.3, 0.4) is 0 Å². The van der Waals surface area contributed by atoms with E-state index in [0.29, 0.717) is 12.0 Å². The maximum atomic E-state index is 12.1. The summed E-state index contributed by atoms with van der Waals surface area (Å²) in [4.78, 5) is 12.1. The van der Waals surface area contributed by atoms with Gasteiger partial charge in [0.15, 0.2) is 0 Å². The Labute approximate surface area is 160 Å². The number of piperidine rings is 1. The minimum atomic E-state index is 0. The van der Waals surface area contributed by atoms with Crippen LogP contribution in [0.15, 0.2) is 47.2 Å². The van der Waals surface area contributed by atoms with Gasteiger partial charge in [0.05, 0.1) is 18.5 Å². The highest BCUT2D eigenvalue weighted by molar-refractivity contribution is 5.84. The quantitative estimate of drug-likeness (QED) is 0.442. The number of aldehydes is 1. The van der Waals surface area contributed by atoms with Gasteiger partial charge >= 0.3 is 0 Å². The molecule has 5 rings (SSSR count). The first-order valence-electron chi connectivity index (χ1n) is 9.27. The van der Waals surface area contributed by atoms with Gasteiger partial charge in [0, 0.05) is 35.7 Å². The second-order valence-corrected chi connectivity index (χ2v) is 7.92. The van der Waals surface area contributed by atoms with Gasteiger partial charge in [-0.3, -0.25) is 4.79 Å². The molecule has 4 aliphatic rings. The van der Waals surface area contributed by atoms with Crippen molar-refractivity contribution in [1.82, 2.24) is 0 Å². The first-order chi connectivity index (χ1) is 11.7. The summed E-state index contributed by atoms with van der Waals surface area (Å²) in [6.45, 7) is 8.01. The third-order valence-corrected chi connectivity index (χ3v) is 7.49. The third kappa shape index (κ3) is 1.82. The highest BCUT2D eigenvalue weighted by Crippen LogP contribution is 2.63. The maximum absolute atomic E-state index is 12.1.